The Morgan fingerprint density at radius 1 is 1.31 bits per heavy atom. The third-order valence-electron chi connectivity index (χ3n) is 1.81. The number of nitrogens with one attached hydrogen (secondary N) is 2. The summed E-state index contributed by atoms with van der Waals surface area (Å²) in [5.74, 6) is -2.50. The monoisotopic (exact) mass is 253 g/mol. The zero-order chi connectivity index (χ0) is 12.9. The molecular weight excluding hydrogens is 237 g/mol. The van der Waals surface area contributed by atoms with Crippen LogP contribution in [0.1, 0.15) is 13.8 Å². The van der Waals surface area contributed by atoms with Gasteiger partial charge < -0.3 is 26.2 Å². The maximum atomic E-state index is 11.3. The fourth-order valence-electron chi connectivity index (χ4n) is 0.781. The molecule has 16 heavy (non-hydrogen) atoms. The summed E-state index contributed by atoms with van der Waals surface area (Å²) >= 11 is 0. The molecule has 2 atom stereocenters. The van der Waals surface area contributed by atoms with Crippen LogP contribution in [0.3, 0.4) is 0 Å². The van der Waals surface area contributed by atoms with Crippen molar-refractivity contribution in [3.8, 4) is 0 Å². The van der Waals surface area contributed by atoms with Gasteiger partial charge in [0, 0.05) is 0 Å². The summed E-state index contributed by atoms with van der Waals surface area (Å²) < 4.78 is 10.7. The zero-order valence-electron chi connectivity index (χ0n) is 9.01. The minimum absolute atomic E-state index is 0.258. The van der Waals surface area contributed by atoms with Crippen molar-refractivity contribution in [2.75, 3.05) is 6.54 Å². The molecule has 6 N–H and O–H groups in total. The van der Waals surface area contributed by atoms with Crippen molar-refractivity contribution < 1.29 is 23.9 Å². The fraction of sp³-hybridized carbons (Fsp3) is 0.714. The zero-order valence-corrected chi connectivity index (χ0v) is 9.90. The Labute approximate surface area is 92.7 Å². The average Bonchev–Trinajstić information content (AvgIpc) is 2.15. The van der Waals surface area contributed by atoms with E-state index in [0.717, 1.165) is 0 Å². The number of carbonyl (C=O) groups is 2. The first-order valence-electron chi connectivity index (χ1n) is 4.53. The Morgan fingerprint density at radius 3 is 2.19 bits per heavy atom. The summed E-state index contributed by atoms with van der Waals surface area (Å²) in [5.41, 5.74) is 5.02. The summed E-state index contributed by atoms with van der Waals surface area (Å²) in [4.78, 5) is 39.6. The standard InChI is InChI=1S/C7H16N3O5P/c1-4(9-6(11)3-8)7(12)10-5(2)16(13,14)15/h4-5H,3,8H2,1-2H3,(H,9,11)(H,10,12)(H2,13,14,15)/t4-,5+/m0/s1. The lowest BCUT2D eigenvalue weighted by atomic mass is 10.3. The molecule has 0 saturated heterocycles. The second kappa shape index (κ2) is 5.95. The van der Waals surface area contributed by atoms with Gasteiger partial charge in [0.1, 0.15) is 11.8 Å². The van der Waals surface area contributed by atoms with Crippen LogP contribution < -0.4 is 16.4 Å². The fourth-order valence-corrected chi connectivity index (χ4v) is 1.08. The molecule has 0 aromatic carbocycles. The minimum atomic E-state index is -4.36. The lowest BCUT2D eigenvalue weighted by Gasteiger charge is -2.18. The summed E-state index contributed by atoms with van der Waals surface area (Å²) in [6.45, 7) is 2.30. The molecular formula is C7H16N3O5P. The second-order valence-electron chi connectivity index (χ2n) is 3.27. The van der Waals surface area contributed by atoms with Crippen LogP contribution in [0.4, 0.5) is 0 Å². The molecule has 94 valence electrons. The van der Waals surface area contributed by atoms with Crippen molar-refractivity contribution in [3.05, 3.63) is 0 Å². The van der Waals surface area contributed by atoms with Crippen LogP contribution in [0, 0.1) is 0 Å². The number of hydrogen-bond donors (Lipinski definition) is 5. The van der Waals surface area contributed by atoms with E-state index in [1.165, 1.54) is 13.8 Å². The number of rotatable bonds is 5. The van der Waals surface area contributed by atoms with Crippen molar-refractivity contribution in [1.82, 2.24) is 10.6 Å². The molecule has 8 nitrogen and oxygen atoms in total. The molecule has 0 radical (unpaired) electrons. The van der Waals surface area contributed by atoms with Gasteiger partial charge in [0.05, 0.1) is 6.54 Å². The normalized spacial score (nSPS) is 15.1. The van der Waals surface area contributed by atoms with Gasteiger partial charge in [0.25, 0.3) is 0 Å². The Morgan fingerprint density at radius 2 is 1.81 bits per heavy atom. The summed E-state index contributed by atoms with van der Waals surface area (Å²) in [5, 5.41) is 4.35. The molecule has 0 aromatic rings. The molecule has 0 bridgehead atoms. The predicted octanol–water partition coefficient (Wildman–Crippen LogP) is -1.91. The van der Waals surface area contributed by atoms with E-state index in [1.807, 2.05) is 0 Å². The lowest BCUT2D eigenvalue weighted by Crippen LogP contribution is -2.48. The van der Waals surface area contributed by atoms with Crippen molar-refractivity contribution in [1.29, 1.82) is 0 Å². The summed E-state index contributed by atoms with van der Waals surface area (Å²) in [6.07, 6.45) is 0. The van der Waals surface area contributed by atoms with Gasteiger partial charge in [-0.3, -0.25) is 14.2 Å². The Kier molecular flexibility index (Phi) is 5.60. The first kappa shape index (κ1) is 15.0. The molecule has 0 aliphatic carbocycles. The third-order valence-corrected chi connectivity index (χ3v) is 2.95. The van der Waals surface area contributed by atoms with Gasteiger partial charge in [0.15, 0.2) is 0 Å². The highest BCUT2D eigenvalue weighted by Gasteiger charge is 2.27. The van der Waals surface area contributed by atoms with Gasteiger partial charge in [-0.15, -0.1) is 0 Å². The molecule has 0 fully saturated rings. The second-order valence-corrected chi connectivity index (χ2v) is 5.22. The number of carbonyl (C=O) groups excluding carboxylic acids is 2. The highest BCUT2D eigenvalue weighted by Crippen LogP contribution is 2.38. The van der Waals surface area contributed by atoms with Crippen LogP contribution in [0.2, 0.25) is 0 Å². The molecule has 0 spiro atoms. The van der Waals surface area contributed by atoms with Crippen LogP contribution in [0.15, 0.2) is 0 Å². The predicted molar refractivity (Wildman–Crippen MR) is 56.3 cm³/mol. The van der Waals surface area contributed by atoms with Crippen molar-refractivity contribution in [3.63, 3.8) is 0 Å². The first-order valence-corrected chi connectivity index (χ1v) is 6.21. The molecule has 9 heteroatoms. The third kappa shape index (κ3) is 5.22. The molecule has 0 saturated carbocycles. The van der Waals surface area contributed by atoms with Gasteiger partial charge in [-0.2, -0.15) is 0 Å². The van der Waals surface area contributed by atoms with E-state index < -0.39 is 31.2 Å². The lowest BCUT2D eigenvalue weighted by molar-refractivity contribution is -0.128. The Hall–Kier alpha value is -0.950. The Balaban J connectivity index is 4.26. The molecule has 0 aliphatic rings. The smallest absolute Gasteiger partial charge is 0.343 e. The van der Waals surface area contributed by atoms with Crippen LogP contribution in [0.25, 0.3) is 0 Å². The molecule has 0 unspecified atom stereocenters. The van der Waals surface area contributed by atoms with Crippen molar-refractivity contribution in [2.45, 2.75) is 25.7 Å². The molecule has 0 aromatic heterocycles. The van der Waals surface area contributed by atoms with E-state index in [0.29, 0.717) is 0 Å². The minimum Gasteiger partial charge on any atom is -0.343 e. The van der Waals surface area contributed by atoms with Crippen LogP contribution in [0.5, 0.6) is 0 Å². The van der Waals surface area contributed by atoms with Gasteiger partial charge >= 0.3 is 7.60 Å². The van der Waals surface area contributed by atoms with E-state index >= 15 is 0 Å². The van der Waals surface area contributed by atoms with Crippen LogP contribution in [-0.2, 0) is 14.2 Å². The summed E-state index contributed by atoms with van der Waals surface area (Å²) in [6, 6.07) is -0.898. The van der Waals surface area contributed by atoms with Gasteiger partial charge in [-0.1, -0.05) is 0 Å². The molecule has 0 aliphatic heterocycles. The summed E-state index contributed by atoms with van der Waals surface area (Å²) in [7, 11) is -4.36. The quantitative estimate of drug-likeness (QED) is 0.362. The number of amides is 2. The van der Waals surface area contributed by atoms with E-state index in [1.54, 1.807) is 0 Å². The first-order chi connectivity index (χ1) is 7.18. The SMILES string of the molecule is C[C@H](NC(=O)CN)C(=O)N[C@@H](C)P(=O)(O)O. The molecule has 0 rings (SSSR count). The van der Waals surface area contributed by atoms with E-state index in [-0.39, 0.29) is 6.54 Å². The largest absolute Gasteiger partial charge is 0.347 e. The van der Waals surface area contributed by atoms with Crippen LogP contribution in [-0.4, -0.2) is 40.0 Å². The van der Waals surface area contributed by atoms with Gasteiger partial charge in [-0.25, -0.2) is 0 Å². The van der Waals surface area contributed by atoms with Gasteiger partial charge in [-0.05, 0) is 13.8 Å². The van der Waals surface area contributed by atoms with Crippen molar-refractivity contribution >= 4 is 19.4 Å². The molecule has 2 amide bonds. The highest BCUT2D eigenvalue weighted by atomic mass is 31.2. The Bertz CT molecular complexity index is 315. The van der Waals surface area contributed by atoms with E-state index in [9.17, 15) is 14.2 Å². The topological polar surface area (TPSA) is 142 Å². The van der Waals surface area contributed by atoms with Crippen molar-refractivity contribution in [2.24, 2.45) is 5.73 Å². The van der Waals surface area contributed by atoms with Crippen LogP contribution >= 0.6 is 7.60 Å². The highest BCUT2D eigenvalue weighted by molar-refractivity contribution is 7.52. The average molecular weight is 253 g/mol. The molecule has 0 heterocycles. The van der Waals surface area contributed by atoms with E-state index in [4.69, 9.17) is 15.5 Å². The maximum absolute atomic E-state index is 11.3. The number of hydrogen-bond acceptors (Lipinski definition) is 4. The van der Waals surface area contributed by atoms with Gasteiger partial charge in [0.2, 0.25) is 11.8 Å². The maximum Gasteiger partial charge on any atom is 0.347 e. The van der Waals surface area contributed by atoms with E-state index in [2.05, 4.69) is 10.6 Å². The number of nitrogens with two attached hydrogens (primary N) is 1.